The Morgan fingerprint density at radius 3 is 2.18 bits per heavy atom. The van der Waals surface area contributed by atoms with E-state index in [0.717, 1.165) is 6.54 Å². The number of hydrogen-bond donors (Lipinski definition) is 1. The van der Waals surface area contributed by atoms with Gasteiger partial charge in [-0.15, -0.1) is 0 Å². The molecule has 0 aromatic carbocycles. The number of nitrogens with one attached hydrogen (secondary N) is 1. The van der Waals surface area contributed by atoms with E-state index in [1.165, 1.54) is 19.5 Å². The zero-order valence-electron chi connectivity index (χ0n) is 12.9. The fraction of sp³-hybridized carbons (Fsp3) is 1.00. The third-order valence-corrected chi connectivity index (χ3v) is 3.76. The monoisotopic (exact) mass is 240 g/mol. The molecule has 2 heteroatoms. The van der Waals surface area contributed by atoms with Crippen molar-refractivity contribution in [2.45, 2.75) is 67.0 Å². The Kier molecular flexibility index (Phi) is 4.65. The molecule has 0 saturated carbocycles. The summed E-state index contributed by atoms with van der Waals surface area (Å²) in [5.74, 6) is 0. The lowest BCUT2D eigenvalue weighted by atomic mass is 9.83. The fourth-order valence-electron chi connectivity index (χ4n) is 2.57. The van der Waals surface area contributed by atoms with Crippen molar-refractivity contribution in [3.63, 3.8) is 0 Å². The highest BCUT2D eigenvalue weighted by Crippen LogP contribution is 2.28. The van der Waals surface area contributed by atoms with Crippen molar-refractivity contribution in [3.8, 4) is 0 Å². The molecular weight excluding hydrogens is 208 g/mol. The van der Waals surface area contributed by atoms with Crippen molar-refractivity contribution in [2.24, 2.45) is 10.8 Å². The Morgan fingerprint density at radius 1 is 1.12 bits per heavy atom. The second-order valence-electron chi connectivity index (χ2n) is 8.00. The maximum absolute atomic E-state index is 3.62. The van der Waals surface area contributed by atoms with Gasteiger partial charge in [0.2, 0.25) is 0 Å². The van der Waals surface area contributed by atoms with E-state index in [0.29, 0.717) is 22.9 Å². The molecule has 1 fully saturated rings. The molecular formula is C15H32N2. The van der Waals surface area contributed by atoms with Crippen LogP contribution < -0.4 is 5.32 Å². The lowest BCUT2D eigenvalue weighted by molar-refractivity contribution is 0.0504. The van der Waals surface area contributed by atoms with Gasteiger partial charge in [0, 0.05) is 25.2 Å². The van der Waals surface area contributed by atoms with E-state index in [4.69, 9.17) is 0 Å². The molecule has 102 valence electrons. The molecule has 2 nitrogen and oxygen atoms in total. The molecule has 1 aliphatic rings. The molecule has 0 amide bonds. The lowest BCUT2D eigenvalue weighted by Crippen LogP contribution is -2.60. The summed E-state index contributed by atoms with van der Waals surface area (Å²) < 4.78 is 0. The van der Waals surface area contributed by atoms with Crippen molar-refractivity contribution in [1.29, 1.82) is 0 Å². The molecule has 1 saturated heterocycles. The molecule has 0 spiro atoms. The van der Waals surface area contributed by atoms with Gasteiger partial charge < -0.3 is 5.32 Å². The van der Waals surface area contributed by atoms with Gasteiger partial charge in [0.15, 0.2) is 0 Å². The first-order valence-corrected chi connectivity index (χ1v) is 7.07. The van der Waals surface area contributed by atoms with E-state index in [1.807, 2.05) is 0 Å². The van der Waals surface area contributed by atoms with E-state index < -0.39 is 0 Å². The molecule has 17 heavy (non-hydrogen) atoms. The second kappa shape index (κ2) is 5.27. The SMILES string of the molecule is CC1CN(CCC(C)(C)C)C(C(C)(C)C)CN1. The van der Waals surface area contributed by atoms with Crippen LogP contribution in [0.25, 0.3) is 0 Å². The van der Waals surface area contributed by atoms with Crippen LogP contribution in [0.4, 0.5) is 0 Å². The molecule has 1 aliphatic heterocycles. The van der Waals surface area contributed by atoms with Crippen molar-refractivity contribution in [3.05, 3.63) is 0 Å². The number of hydrogen-bond acceptors (Lipinski definition) is 2. The summed E-state index contributed by atoms with van der Waals surface area (Å²) in [5, 5.41) is 3.62. The molecule has 0 aromatic heterocycles. The van der Waals surface area contributed by atoms with Gasteiger partial charge in [-0.1, -0.05) is 41.5 Å². The van der Waals surface area contributed by atoms with Crippen LogP contribution in [-0.4, -0.2) is 36.6 Å². The van der Waals surface area contributed by atoms with Crippen LogP contribution in [0.5, 0.6) is 0 Å². The molecule has 1 rings (SSSR count). The third kappa shape index (κ3) is 4.97. The van der Waals surface area contributed by atoms with Crippen LogP contribution in [-0.2, 0) is 0 Å². The van der Waals surface area contributed by atoms with Crippen molar-refractivity contribution in [1.82, 2.24) is 10.2 Å². The van der Waals surface area contributed by atoms with Gasteiger partial charge >= 0.3 is 0 Å². The molecule has 2 atom stereocenters. The summed E-state index contributed by atoms with van der Waals surface area (Å²) in [7, 11) is 0. The van der Waals surface area contributed by atoms with Gasteiger partial charge in [-0.25, -0.2) is 0 Å². The second-order valence-corrected chi connectivity index (χ2v) is 8.00. The molecule has 1 heterocycles. The first kappa shape index (κ1) is 15.0. The first-order chi connectivity index (χ1) is 7.59. The quantitative estimate of drug-likeness (QED) is 0.798. The van der Waals surface area contributed by atoms with Crippen LogP contribution in [0.3, 0.4) is 0 Å². The van der Waals surface area contributed by atoms with Crippen LogP contribution in [0.1, 0.15) is 54.9 Å². The van der Waals surface area contributed by atoms with Crippen LogP contribution in [0.15, 0.2) is 0 Å². The Hall–Kier alpha value is -0.0800. The standard InChI is InChI=1S/C15H32N2/c1-12-11-17(9-8-14(2,3)4)13(10-16-12)15(5,6)7/h12-13,16H,8-11H2,1-7H3. The van der Waals surface area contributed by atoms with E-state index in [-0.39, 0.29) is 0 Å². The molecule has 0 radical (unpaired) electrons. The maximum atomic E-state index is 3.62. The largest absolute Gasteiger partial charge is 0.311 e. The summed E-state index contributed by atoms with van der Waals surface area (Å²) >= 11 is 0. The first-order valence-electron chi connectivity index (χ1n) is 7.07. The Labute approximate surface area is 108 Å². The summed E-state index contributed by atoms with van der Waals surface area (Å²) in [5.41, 5.74) is 0.807. The Balaban J connectivity index is 2.62. The summed E-state index contributed by atoms with van der Waals surface area (Å²) in [6.45, 7) is 20.0. The van der Waals surface area contributed by atoms with E-state index in [1.54, 1.807) is 0 Å². The normalized spacial score (nSPS) is 28.4. The average Bonchev–Trinajstić information content (AvgIpc) is 2.11. The summed E-state index contributed by atoms with van der Waals surface area (Å²) in [6.07, 6.45) is 1.28. The van der Waals surface area contributed by atoms with E-state index >= 15 is 0 Å². The van der Waals surface area contributed by atoms with E-state index in [9.17, 15) is 0 Å². The van der Waals surface area contributed by atoms with Gasteiger partial charge in [-0.05, 0) is 30.7 Å². The molecule has 1 N–H and O–H groups in total. The Bertz CT molecular complexity index is 234. The number of piperazine rings is 1. The van der Waals surface area contributed by atoms with Gasteiger partial charge in [0.25, 0.3) is 0 Å². The highest BCUT2D eigenvalue weighted by atomic mass is 15.2. The minimum absolute atomic E-state index is 0.366. The number of nitrogens with zero attached hydrogens (tertiary/aromatic N) is 1. The minimum atomic E-state index is 0.366. The topological polar surface area (TPSA) is 15.3 Å². The van der Waals surface area contributed by atoms with Crippen LogP contribution >= 0.6 is 0 Å². The smallest absolute Gasteiger partial charge is 0.0269 e. The van der Waals surface area contributed by atoms with Crippen LogP contribution in [0, 0.1) is 10.8 Å². The molecule has 0 aromatic rings. The van der Waals surface area contributed by atoms with Gasteiger partial charge in [-0.2, -0.15) is 0 Å². The minimum Gasteiger partial charge on any atom is -0.311 e. The average molecular weight is 240 g/mol. The molecule has 0 bridgehead atoms. The van der Waals surface area contributed by atoms with Gasteiger partial charge in [0.05, 0.1) is 0 Å². The van der Waals surface area contributed by atoms with Gasteiger partial charge in [0.1, 0.15) is 0 Å². The van der Waals surface area contributed by atoms with Crippen molar-refractivity contribution >= 4 is 0 Å². The van der Waals surface area contributed by atoms with Crippen molar-refractivity contribution in [2.75, 3.05) is 19.6 Å². The highest BCUT2D eigenvalue weighted by Gasteiger charge is 2.34. The predicted octanol–water partition coefficient (Wildman–Crippen LogP) is 3.13. The van der Waals surface area contributed by atoms with E-state index in [2.05, 4.69) is 58.7 Å². The maximum Gasteiger partial charge on any atom is 0.0269 e. The number of rotatable bonds is 2. The fourth-order valence-corrected chi connectivity index (χ4v) is 2.57. The lowest BCUT2D eigenvalue weighted by Gasteiger charge is -2.46. The summed E-state index contributed by atoms with van der Waals surface area (Å²) in [6, 6.07) is 1.30. The summed E-state index contributed by atoms with van der Waals surface area (Å²) in [4.78, 5) is 2.70. The van der Waals surface area contributed by atoms with Crippen LogP contribution in [0.2, 0.25) is 0 Å². The van der Waals surface area contributed by atoms with Gasteiger partial charge in [-0.3, -0.25) is 4.90 Å². The highest BCUT2D eigenvalue weighted by molar-refractivity contribution is 4.91. The molecule has 0 aliphatic carbocycles. The van der Waals surface area contributed by atoms with Crippen molar-refractivity contribution < 1.29 is 0 Å². The zero-order valence-corrected chi connectivity index (χ0v) is 12.9. The Morgan fingerprint density at radius 2 is 1.71 bits per heavy atom. The third-order valence-electron chi connectivity index (χ3n) is 3.76. The zero-order chi connectivity index (χ0) is 13.3. The predicted molar refractivity (Wildman–Crippen MR) is 76.4 cm³/mol. The molecule has 2 unspecified atom stereocenters.